The maximum atomic E-state index is 8.97. The lowest BCUT2D eigenvalue weighted by atomic mass is 10.0. The van der Waals surface area contributed by atoms with Crippen LogP contribution in [0.3, 0.4) is 0 Å². The smallest absolute Gasteiger partial charge is 0.134 e. The number of para-hydroxylation sites is 1. The molecular formula is C24H26N2O2S. The molecule has 0 bridgehead atoms. The Kier molecular flexibility index (Phi) is 6.58. The summed E-state index contributed by atoms with van der Waals surface area (Å²) in [6, 6.07) is 16.5. The molecule has 1 atom stereocenters. The highest BCUT2D eigenvalue weighted by Crippen LogP contribution is 2.35. The number of aliphatic hydroxyl groups is 1. The highest BCUT2D eigenvalue weighted by molar-refractivity contribution is 7.18. The summed E-state index contributed by atoms with van der Waals surface area (Å²) < 4.78 is 7.83. The van der Waals surface area contributed by atoms with Crippen LogP contribution < -0.4 is 0 Å². The standard InChI is InChI=1S/C24H26N2O2S/c1-26-14-12-20(13-15-26)28-23(24-25-21-10-2-3-11-22(21)29-24)19-9-6-8-18(17-19)7-4-5-16-27/h2-3,6,8-11,17,20,23,27H,5,12-16H2,1H3. The van der Waals surface area contributed by atoms with Crippen molar-refractivity contribution in [1.82, 2.24) is 9.88 Å². The molecule has 1 fully saturated rings. The largest absolute Gasteiger partial charge is 0.395 e. The summed E-state index contributed by atoms with van der Waals surface area (Å²) in [5.74, 6) is 6.14. The average Bonchev–Trinajstić information content (AvgIpc) is 3.17. The van der Waals surface area contributed by atoms with Gasteiger partial charge in [-0.05, 0) is 49.7 Å². The van der Waals surface area contributed by atoms with Gasteiger partial charge in [-0.2, -0.15) is 0 Å². The topological polar surface area (TPSA) is 45.6 Å². The van der Waals surface area contributed by atoms with Crippen LogP contribution in [0.2, 0.25) is 0 Å². The molecule has 29 heavy (non-hydrogen) atoms. The molecule has 5 heteroatoms. The number of ether oxygens (including phenoxy) is 1. The van der Waals surface area contributed by atoms with E-state index in [0.29, 0.717) is 6.42 Å². The van der Waals surface area contributed by atoms with Crippen molar-refractivity contribution in [3.05, 3.63) is 64.7 Å². The molecule has 1 aliphatic rings. The van der Waals surface area contributed by atoms with E-state index in [0.717, 1.165) is 47.6 Å². The number of hydrogen-bond acceptors (Lipinski definition) is 5. The lowest BCUT2D eigenvalue weighted by Gasteiger charge is -2.31. The van der Waals surface area contributed by atoms with Crippen LogP contribution in [0, 0.1) is 11.8 Å². The van der Waals surface area contributed by atoms with E-state index >= 15 is 0 Å². The number of aliphatic hydroxyl groups excluding tert-OH is 1. The average molecular weight is 407 g/mol. The van der Waals surface area contributed by atoms with E-state index in [1.807, 2.05) is 18.2 Å². The van der Waals surface area contributed by atoms with E-state index < -0.39 is 0 Å². The summed E-state index contributed by atoms with van der Waals surface area (Å²) in [6.07, 6.45) is 2.59. The minimum Gasteiger partial charge on any atom is -0.395 e. The van der Waals surface area contributed by atoms with Crippen LogP contribution in [0.25, 0.3) is 10.2 Å². The zero-order chi connectivity index (χ0) is 20.1. The van der Waals surface area contributed by atoms with Crippen molar-refractivity contribution >= 4 is 21.6 Å². The van der Waals surface area contributed by atoms with Gasteiger partial charge in [-0.15, -0.1) is 11.3 Å². The molecule has 1 N–H and O–H groups in total. The maximum Gasteiger partial charge on any atom is 0.134 e. The van der Waals surface area contributed by atoms with Gasteiger partial charge >= 0.3 is 0 Å². The molecule has 1 aromatic heterocycles. The minimum absolute atomic E-state index is 0.0836. The number of likely N-dealkylation sites (tertiary alicyclic amines) is 1. The third kappa shape index (κ3) is 5.04. The Labute approximate surface area is 176 Å². The molecule has 1 unspecified atom stereocenters. The Morgan fingerprint density at radius 1 is 1.21 bits per heavy atom. The van der Waals surface area contributed by atoms with Crippen LogP contribution in [-0.2, 0) is 4.74 Å². The lowest BCUT2D eigenvalue weighted by molar-refractivity contribution is -0.0234. The van der Waals surface area contributed by atoms with Crippen LogP contribution in [0.5, 0.6) is 0 Å². The predicted molar refractivity (Wildman–Crippen MR) is 118 cm³/mol. The molecule has 0 amide bonds. The van der Waals surface area contributed by atoms with Crippen LogP contribution in [0.1, 0.15) is 41.5 Å². The van der Waals surface area contributed by atoms with Crippen LogP contribution >= 0.6 is 11.3 Å². The molecule has 2 heterocycles. The van der Waals surface area contributed by atoms with Crippen molar-refractivity contribution in [3.63, 3.8) is 0 Å². The Hall–Kier alpha value is -2.23. The number of thiazole rings is 1. The number of benzene rings is 2. The van der Waals surface area contributed by atoms with Crippen LogP contribution in [-0.4, -0.2) is 47.8 Å². The zero-order valence-electron chi connectivity index (χ0n) is 16.7. The lowest BCUT2D eigenvalue weighted by Crippen LogP contribution is -2.35. The predicted octanol–water partition coefficient (Wildman–Crippen LogP) is 4.23. The van der Waals surface area contributed by atoms with Gasteiger partial charge in [0.25, 0.3) is 0 Å². The minimum atomic E-state index is -0.194. The first-order valence-electron chi connectivity index (χ1n) is 10.1. The van der Waals surface area contributed by atoms with Crippen molar-refractivity contribution in [2.75, 3.05) is 26.7 Å². The SMILES string of the molecule is CN1CCC(OC(c2cccc(C#CCCO)c2)c2nc3ccccc3s2)CC1. The molecule has 0 saturated carbocycles. The highest BCUT2D eigenvalue weighted by atomic mass is 32.1. The number of hydrogen-bond donors (Lipinski definition) is 1. The Morgan fingerprint density at radius 2 is 2.03 bits per heavy atom. The summed E-state index contributed by atoms with van der Waals surface area (Å²) in [5, 5.41) is 9.96. The van der Waals surface area contributed by atoms with Crippen molar-refractivity contribution in [3.8, 4) is 11.8 Å². The van der Waals surface area contributed by atoms with E-state index in [9.17, 15) is 0 Å². The van der Waals surface area contributed by atoms with E-state index in [1.54, 1.807) is 11.3 Å². The van der Waals surface area contributed by atoms with Crippen LogP contribution in [0.15, 0.2) is 48.5 Å². The van der Waals surface area contributed by atoms with Gasteiger partial charge in [0.15, 0.2) is 0 Å². The molecule has 4 rings (SSSR count). The van der Waals surface area contributed by atoms with Crippen molar-refractivity contribution in [2.24, 2.45) is 0 Å². The fraction of sp³-hybridized carbons (Fsp3) is 0.375. The number of rotatable bonds is 5. The van der Waals surface area contributed by atoms with Gasteiger partial charge in [0.1, 0.15) is 11.1 Å². The fourth-order valence-electron chi connectivity index (χ4n) is 3.59. The third-order valence-electron chi connectivity index (χ3n) is 5.19. The zero-order valence-corrected chi connectivity index (χ0v) is 17.5. The second kappa shape index (κ2) is 9.51. The molecule has 3 aromatic rings. The Bertz CT molecular complexity index is 979. The summed E-state index contributed by atoms with van der Waals surface area (Å²) in [5.41, 5.74) is 3.04. The second-order valence-electron chi connectivity index (χ2n) is 7.44. The first-order valence-corrected chi connectivity index (χ1v) is 10.9. The number of aromatic nitrogens is 1. The maximum absolute atomic E-state index is 8.97. The van der Waals surface area contributed by atoms with E-state index in [4.69, 9.17) is 14.8 Å². The molecule has 0 radical (unpaired) electrons. The molecule has 1 aliphatic heterocycles. The first-order chi connectivity index (χ1) is 14.2. The quantitative estimate of drug-likeness (QED) is 0.644. The number of fused-ring (bicyclic) bond motifs is 1. The van der Waals surface area contributed by atoms with E-state index in [2.05, 4.69) is 54.1 Å². The molecule has 0 spiro atoms. The normalized spacial score (nSPS) is 16.5. The Balaban J connectivity index is 1.66. The summed E-state index contributed by atoms with van der Waals surface area (Å²) in [7, 11) is 2.16. The number of piperidine rings is 1. The van der Waals surface area contributed by atoms with E-state index in [1.165, 1.54) is 4.70 Å². The number of nitrogens with zero attached hydrogens (tertiary/aromatic N) is 2. The van der Waals surface area contributed by atoms with Gasteiger partial charge in [-0.3, -0.25) is 0 Å². The molecule has 2 aromatic carbocycles. The van der Waals surface area contributed by atoms with Gasteiger partial charge in [0, 0.05) is 25.1 Å². The fourth-order valence-corrected chi connectivity index (χ4v) is 4.63. The van der Waals surface area contributed by atoms with Crippen LogP contribution in [0.4, 0.5) is 0 Å². The summed E-state index contributed by atoms with van der Waals surface area (Å²) in [4.78, 5) is 7.24. The van der Waals surface area contributed by atoms with Gasteiger partial charge in [-0.25, -0.2) is 4.98 Å². The monoisotopic (exact) mass is 406 g/mol. The molecule has 4 nitrogen and oxygen atoms in total. The summed E-state index contributed by atoms with van der Waals surface area (Å²) >= 11 is 1.70. The van der Waals surface area contributed by atoms with Gasteiger partial charge in [0.05, 0.1) is 22.9 Å². The highest BCUT2D eigenvalue weighted by Gasteiger charge is 2.26. The van der Waals surface area contributed by atoms with Gasteiger partial charge < -0.3 is 14.7 Å². The third-order valence-corrected chi connectivity index (χ3v) is 6.27. The first kappa shape index (κ1) is 20.1. The second-order valence-corrected chi connectivity index (χ2v) is 8.50. The summed E-state index contributed by atoms with van der Waals surface area (Å²) in [6.45, 7) is 2.20. The van der Waals surface area contributed by atoms with E-state index in [-0.39, 0.29) is 18.8 Å². The van der Waals surface area contributed by atoms with Gasteiger partial charge in [0.2, 0.25) is 0 Å². The van der Waals surface area contributed by atoms with Crippen molar-refractivity contribution in [1.29, 1.82) is 0 Å². The molecule has 150 valence electrons. The van der Waals surface area contributed by atoms with Crippen molar-refractivity contribution < 1.29 is 9.84 Å². The molecular weight excluding hydrogens is 380 g/mol. The van der Waals surface area contributed by atoms with Gasteiger partial charge in [-0.1, -0.05) is 36.1 Å². The Morgan fingerprint density at radius 3 is 2.83 bits per heavy atom. The molecule has 1 saturated heterocycles. The molecule has 0 aliphatic carbocycles. The van der Waals surface area contributed by atoms with Crippen molar-refractivity contribution in [2.45, 2.75) is 31.5 Å².